The van der Waals surface area contributed by atoms with Crippen molar-refractivity contribution in [3.05, 3.63) is 54.1 Å². The van der Waals surface area contributed by atoms with Gasteiger partial charge in [-0.25, -0.2) is 16.8 Å². The molecule has 1 heterocycles. The molecule has 0 aliphatic carbocycles. The molecule has 2 aromatic carbocycles. The molecule has 26 heavy (non-hydrogen) atoms. The second-order valence-corrected chi connectivity index (χ2v) is 10.6. The number of nitrogens with zero attached hydrogens (tertiary/aromatic N) is 1. The van der Waals surface area contributed by atoms with Gasteiger partial charge >= 0.3 is 0 Å². The topological polar surface area (TPSA) is 83.6 Å². The molecular formula is C18H22N2O4S2. The van der Waals surface area contributed by atoms with Crippen molar-refractivity contribution >= 4 is 31.4 Å². The van der Waals surface area contributed by atoms with Crippen LogP contribution in [0.5, 0.6) is 0 Å². The fourth-order valence-corrected chi connectivity index (χ4v) is 5.13. The second kappa shape index (κ2) is 6.92. The molecule has 0 unspecified atom stereocenters. The van der Waals surface area contributed by atoms with Crippen molar-refractivity contribution in [2.75, 3.05) is 15.6 Å². The van der Waals surface area contributed by atoms with Crippen molar-refractivity contribution in [2.45, 2.75) is 36.8 Å². The lowest BCUT2D eigenvalue weighted by molar-refractivity contribution is 0.586. The van der Waals surface area contributed by atoms with Crippen molar-refractivity contribution in [3.63, 3.8) is 0 Å². The average Bonchev–Trinajstić information content (AvgIpc) is 2.61. The van der Waals surface area contributed by atoms with E-state index in [1.54, 1.807) is 62.4 Å². The summed E-state index contributed by atoms with van der Waals surface area (Å²) < 4.78 is 54.0. The molecule has 0 spiro atoms. The van der Waals surface area contributed by atoms with Gasteiger partial charge in [-0.3, -0.25) is 9.03 Å². The van der Waals surface area contributed by atoms with Crippen molar-refractivity contribution in [1.29, 1.82) is 0 Å². The molecule has 1 aliphatic heterocycles. The van der Waals surface area contributed by atoms with Crippen LogP contribution < -0.4 is 9.03 Å². The van der Waals surface area contributed by atoms with Gasteiger partial charge in [0.2, 0.25) is 10.0 Å². The Kier molecular flexibility index (Phi) is 4.98. The third-order valence-electron chi connectivity index (χ3n) is 4.37. The number of benzene rings is 2. The van der Waals surface area contributed by atoms with Crippen LogP contribution in [-0.2, 0) is 26.5 Å². The lowest BCUT2D eigenvalue weighted by atomic mass is 10.0. The van der Waals surface area contributed by atoms with E-state index in [0.29, 0.717) is 30.8 Å². The Balaban J connectivity index is 1.97. The highest BCUT2D eigenvalue weighted by Gasteiger charge is 2.29. The molecule has 0 atom stereocenters. The maximum Gasteiger partial charge on any atom is 0.264 e. The average molecular weight is 395 g/mol. The third-order valence-corrected chi connectivity index (χ3v) is 7.96. The van der Waals surface area contributed by atoms with Gasteiger partial charge in [0.05, 0.1) is 15.8 Å². The zero-order chi connectivity index (χ0) is 18.9. The van der Waals surface area contributed by atoms with Gasteiger partial charge < -0.3 is 0 Å². The summed E-state index contributed by atoms with van der Waals surface area (Å²) in [5.41, 5.74) is 1.88. The van der Waals surface area contributed by atoms with E-state index in [2.05, 4.69) is 4.72 Å². The maximum absolute atomic E-state index is 13.0. The number of sulfonamides is 2. The molecule has 140 valence electrons. The molecule has 0 amide bonds. The molecule has 0 aromatic heterocycles. The zero-order valence-electron chi connectivity index (χ0n) is 14.7. The smallest absolute Gasteiger partial charge is 0.264 e. The van der Waals surface area contributed by atoms with E-state index < -0.39 is 25.3 Å². The van der Waals surface area contributed by atoms with Crippen LogP contribution in [0, 0.1) is 0 Å². The first-order valence-corrected chi connectivity index (χ1v) is 11.4. The van der Waals surface area contributed by atoms with Crippen LogP contribution in [0.2, 0.25) is 0 Å². The van der Waals surface area contributed by atoms with Gasteiger partial charge in [-0.1, -0.05) is 18.2 Å². The highest BCUT2D eigenvalue weighted by molar-refractivity contribution is 7.93. The first-order valence-electron chi connectivity index (χ1n) is 8.44. The molecule has 0 radical (unpaired) electrons. The quantitative estimate of drug-likeness (QED) is 0.845. The summed E-state index contributed by atoms with van der Waals surface area (Å²) >= 11 is 0. The van der Waals surface area contributed by atoms with Crippen LogP contribution in [0.15, 0.2) is 53.4 Å². The first kappa shape index (κ1) is 18.7. The Morgan fingerprint density at radius 3 is 2.35 bits per heavy atom. The summed E-state index contributed by atoms with van der Waals surface area (Å²) in [6.45, 7) is 3.62. The van der Waals surface area contributed by atoms with E-state index in [9.17, 15) is 16.8 Å². The van der Waals surface area contributed by atoms with Gasteiger partial charge in [0.25, 0.3) is 10.0 Å². The number of rotatable bonds is 5. The Morgan fingerprint density at radius 1 is 1.00 bits per heavy atom. The van der Waals surface area contributed by atoms with Crippen LogP contribution in [0.3, 0.4) is 0 Å². The lowest BCUT2D eigenvalue weighted by Crippen LogP contribution is -2.35. The minimum atomic E-state index is -3.64. The summed E-state index contributed by atoms with van der Waals surface area (Å²) in [5.74, 6) is 0. The SMILES string of the molecule is CC(C)S(=O)(=O)Nc1ccc2c(c1)CCCN2S(=O)(=O)c1ccccc1. The molecular weight excluding hydrogens is 372 g/mol. The standard InChI is InChI=1S/C18H22N2O4S2/c1-14(2)25(21,22)19-16-10-11-18-15(13-16)7-6-12-20(18)26(23,24)17-8-4-3-5-9-17/h3-5,8-11,13-14,19H,6-7,12H2,1-2H3. The Bertz CT molecular complexity index is 1000. The van der Waals surface area contributed by atoms with Crippen LogP contribution in [-0.4, -0.2) is 28.6 Å². The van der Waals surface area contributed by atoms with E-state index in [4.69, 9.17) is 0 Å². The van der Waals surface area contributed by atoms with E-state index in [1.807, 2.05) is 0 Å². The summed E-state index contributed by atoms with van der Waals surface area (Å²) in [7, 11) is -7.09. The molecule has 0 saturated heterocycles. The third kappa shape index (κ3) is 3.57. The molecule has 6 nitrogen and oxygen atoms in total. The van der Waals surface area contributed by atoms with Crippen molar-refractivity contribution in [2.24, 2.45) is 0 Å². The number of hydrogen-bond acceptors (Lipinski definition) is 4. The van der Waals surface area contributed by atoms with Gasteiger partial charge in [0, 0.05) is 12.2 Å². The van der Waals surface area contributed by atoms with Gasteiger partial charge in [0.1, 0.15) is 0 Å². The van der Waals surface area contributed by atoms with Crippen LogP contribution in [0.1, 0.15) is 25.8 Å². The first-order chi connectivity index (χ1) is 12.2. The predicted octanol–water partition coefficient (Wildman–Crippen LogP) is 2.98. The molecule has 0 bridgehead atoms. The highest BCUT2D eigenvalue weighted by Crippen LogP contribution is 2.34. The van der Waals surface area contributed by atoms with Crippen LogP contribution >= 0.6 is 0 Å². The molecule has 1 N–H and O–H groups in total. The number of anilines is 2. The Labute approximate surface area is 155 Å². The summed E-state index contributed by atoms with van der Waals surface area (Å²) in [6, 6.07) is 13.3. The monoisotopic (exact) mass is 394 g/mol. The molecule has 1 aliphatic rings. The van der Waals surface area contributed by atoms with Gasteiger partial charge in [-0.2, -0.15) is 0 Å². The molecule has 0 saturated carbocycles. The Morgan fingerprint density at radius 2 is 1.69 bits per heavy atom. The fraction of sp³-hybridized carbons (Fsp3) is 0.333. The van der Waals surface area contributed by atoms with E-state index in [0.717, 1.165) is 5.56 Å². The van der Waals surface area contributed by atoms with Gasteiger partial charge in [-0.15, -0.1) is 0 Å². The van der Waals surface area contributed by atoms with E-state index in [1.165, 1.54) is 4.31 Å². The highest BCUT2D eigenvalue weighted by atomic mass is 32.2. The minimum Gasteiger partial charge on any atom is -0.283 e. The molecule has 8 heteroatoms. The summed E-state index contributed by atoms with van der Waals surface area (Å²) in [6.07, 6.45) is 1.38. The van der Waals surface area contributed by atoms with E-state index in [-0.39, 0.29) is 4.90 Å². The minimum absolute atomic E-state index is 0.248. The number of hydrogen-bond donors (Lipinski definition) is 1. The van der Waals surface area contributed by atoms with Crippen molar-refractivity contribution in [3.8, 4) is 0 Å². The van der Waals surface area contributed by atoms with Crippen molar-refractivity contribution < 1.29 is 16.8 Å². The van der Waals surface area contributed by atoms with Crippen LogP contribution in [0.4, 0.5) is 11.4 Å². The molecule has 2 aromatic rings. The Hall–Kier alpha value is -2.06. The summed E-state index contributed by atoms with van der Waals surface area (Å²) in [5, 5.41) is -0.548. The lowest BCUT2D eigenvalue weighted by Gasteiger charge is -2.31. The fourth-order valence-electron chi connectivity index (χ4n) is 2.88. The second-order valence-electron chi connectivity index (χ2n) is 6.53. The number of aryl methyl sites for hydroxylation is 1. The zero-order valence-corrected chi connectivity index (χ0v) is 16.3. The molecule has 0 fully saturated rings. The van der Waals surface area contributed by atoms with Gasteiger partial charge in [-0.05, 0) is 62.6 Å². The number of nitrogens with one attached hydrogen (secondary N) is 1. The van der Waals surface area contributed by atoms with E-state index >= 15 is 0 Å². The predicted molar refractivity (Wildman–Crippen MR) is 103 cm³/mol. The maximum atomic E-state index is 13.0. The van der Waals surface area contributed by atoms with Crippen LogP contribution in [0.25, 0.3) is 0 Å². The number of fused-ring (bicyclic) bond motifs is 1. The molecule has 3 rings (SSSR count). The van der Waals surface area contributed by atoms with Crippen molar-refractivity contribution in [1.82, 2.24) is 0 Å². The largest absolute Gasteiger partial charge is 0.283 e. The normalized spacial score (nSPS) is 15.0. The summed E-state index contributed by atoms with van der Waals surface area (Å²) in [4.78, 5) is 0.248. The van der Waals surface area contributed by atoms with Gasteiger partial charge in [0.15, 0.2) is 0 Å².